The van der Waals surface area contributed by atoms with Crippen molar-refractivity contribution in [3.05, 3.63) is 35.9 Å². The molecule has 1 aromatic carbocycles. The molecular weight excluding hydrogens is 273 g/mol. The van der Waals surface area contributed by atoms with Gasteiger partial charge in [0.1, 0.15) is 0 Å². The number of carbonyl (C=O) groups is 2. The Balaban J connectivity index is 2.31. The van der Waals surface area contributed by atoms with Gasteiger partial charge in [-0.05, 0) is 26.1 Å². The fourth-order valence-corrected chi connectivity index (χ4v) is 4.10. The first-order valence-corrected chi connectivity index (χ1v) is 8.25. The molecule has 1 aliphatic rings. The van der Waals surface area contributed by atoms with Crippen molar-refractivity contribution < 1.29 is 14.7 Å². The summed E-state index contributed by atoms with van der Waals surface area (Å²) in [5.41, 5.74) is -0.354. The summed E-state index contributed by atoms with van der Waals surface area (Å²) in [6.07, 6.45) is 0. The van der Waals surface area contributed by atoms with Crippen LogP contribution in [0.3, 0.4) is 0 Å². The maximum atomic E-state index is 12.5. The minimum absolute atomic E-state index is 0.0351. The fraction of sp³-hybridized carbons (Fsp3) is 0.467. The van der Waals surface area contributed by atoms with Gasteiger partial charge in [0.25, 0.3) is 0 Å². The van der Waals surface area contributed by atoms with Gasteiger partial charge < -0.3 is 10.0 Å². The molecule has 1 N–H and O–H groups in total. The Morgan fingerprint density at radius 2 is 2.05 bits per heavy atom. The van der Waals surface area contributed by atoms with E-state index >= 15 is 0 Å². The fourth-order valence-electron chi connectivity index (χ4n) is 2.83. The van der Waals surface area contributed by atoms with Gasteiger partial charge in [-0.2, -0.15) is 0 Å². The van der Waals surface area contributed by atoms with Crippen molar-refractivity contribution in [1.82, 2.24) is 4.90 Å². The highest BCUT2D eigenvalue weighted by Crippen LogP contribution is 2.44. The van der Waals surface area contributed by atoms with Crippen molar-refractivity contribution in [3.63, 3.8) is 0 Å². The van der Waals surface area contributed by atoms with Crippen LogP contribution in [0, 0.1) is 5.41 Å². The summed E-state index contributed by atoms with van der Waals surface area (Å²) in [5.74, 6) is -0.917. The third-order valence-electron chi connectivity index (χ3n) is 4.19. The zero-order valence-electron chi connectivity index (χ0n) is 12.0. The molecule has 20 heavy (non-hydrogen) atoms. The molecule has 1 saturated heterocycles. The lowest BCUT2D eigenvalue weighted by Gasteiger charge is -2.26. The Morgan fingerprint density at radius 1 is 1.45 bits per heavy atom. The number of nitrogens with zero attached hydrogens (tertiary/aromatic N) is 1. The minimum Gasteiger partial charge on any atom is -0.481 e. The number of carbonyl (C=O) groups excluding carboxylic acids is 1. The lowest BCUT2D eigenvalue weighted by atomic mass is 9.89. The number of aliphatic carboxylic acids is 1. The summed E-state index contributed by atoms with van der Waals surface area (Å²) < 4.78 is 0. The summed E-state index contributed by atoms with van der Waals surface area (Å²) >= 11 is 0. The van der Waals surface area contributed by atoms with E-state index in [1.165, 1.54) is 0 Å². The average molecular weight is 293 g/mol. The predicted molar refractivity (Wildman–Crippen MR) is 80.3 cm³/mol. The van der Waals surface area contributed by atoms with Crippen molar-refractivity contribution in [3.8, 4) is 0 Å². The van der Waals surface area contributed by atoms with Crippen LogP contribution >= 0.6 is 8.58 Å². The smallest absolute Gasteiger partial charge is 0.312 e. The largest absolute Gasteiger partial charge is 0.481 e. The topological polar surface area (TPSA) is 57.6 Å². The summed E-state index contributed by atoms with van der Waals surface area (Å²) in [6.45, 7) is 5.83. The van der Waals surface area contributed by atoms with E-state index in [9.17, 15) is 14.7 Å². The molecule has 4 atom stereocenters. The van der Waals surface area contributed by atoms with E-state index in [1.807, 2.05) is 43.9 Å². The van der Waals surface area contributed by atoms with Crippen LogP contribution in [0.1, 0.15) is 25.5 Å². The molecule has 5 heteroatoms. The molecule has 0 spiro atoms. The van der Waals surface area contributed by atoms with Crippen LogP contribution < -0.4 is 0 Å². The number of hydrogen-bond donors (Lipinski definition) is 1. The van der Waals surface area contributed by atoms with Gasteiger partial charge in [0.2, 0.25) is 5.91 Å². The highest BCUT2D eigenvalue weighted by atomic mass is 31.1. The van der Waals surface area contributed by atoms with Crippen LogP contribution in [-0.4, -0.2) is 40.8 Å². The van der Waals surface area contributed by atoms with E-state index in [-0.39, 0.29) is 18.5 Å². The molecule has 0 saturated carbocycles. The van der Waals surface area contributed by atoms with Crippen LogP contribution in [0.15, 0.2) is 30.3 Å². The number of benzene rings is 1. The van der Waals surface area contributed by atoms with Crippen LogP contribution in [-0.2, 0) is 9.59 Å². The normalized spacial score (nSPS) is 28.2. The Labute approximate surface area is 121 Å². The minimum atomic E-state index is -0.979. The van der Waals surface area contributed by atoms with Gasteiger partial charge in [-0.1, -0.05) is 30.3 Å². The molecule has 1 amide bonds. The van der Waals surface area contributed by atoms with Crippen LogP contribution in [0.5, 0.6) is 0 Å². The zero-order chi connectivity index (χ0) is 14.9. The molecular formula is C15H20NO3P. The number of carboxylic acids is 1. The van der Waals surface area contributed by atoms with Crippen molar-refractivity contribution in [2.24, 2.45) is 5.41 Å². The Kier molecular flexibility index (Phi) is 4.14. The van der Waals surface area contributed by atoms with E-state index in [0.29, 0.717) is 8.58 Å². The summed E-state index contributed by atoms with van der Waals surface area (Å²) in [4.78, 5) is 25.8. The van der Waals surface area contributed by atoms with Crippen molar-refractivity contribution in [2.75, 3.05) is 13.2 Å². The first-order chi connectivity index (χ1) is 9.41. The molecule has 2 rings (SSSR count). The van der Waals surface area contributed by atoms with Gasteiger partial charge in [-0.25, -0.2) is 0 Å². The van der Waals surface area contributed by atoms with E-state index in [2.05, 4.69) is 0 Å². The summed E-state index contributed by atoms with van der Waals surface area (Å²) in [6, 6.07) is 9.64. The zero-order valence-corrected chi connectivity index (χ0v) is 13.0. The number of rotatable bonds is 4. The molecule has 0 bridgehead atoms. The van der Waals surface area contributed by atoms with Gasteiger partial charge in [0.05, 0.1) is 17.1 Å². The second-order valence-corrected chi connectivity index (χ2v) is 6.65. The molecule has 4 nitrogen and oxygen atoms in total. The molecule has 0 aromatic heterocycles. The van der Waals surface area contributed by atoms with Crippen LogP contribution in [0.25, 0.3) is 0 Å². The molecule has 1 fully saturated rings. The molecule has 0 radical (unpaired) electrons. The van der Waals surface area contributed by atoms with Crippen LogP contribution in [0.4, 0.5) is 0 Å². The first kappa shape index (κ1) is 15.0. The number of hydrogen-bond acceptors (Lipinski definition) is 2. The highest BCUT2D eigenvalue weighted by Gasteiger charge is 2.54. The second kappa shape index (κ2) is 5.53. The van der Waals surface area contributed by atoms with E-state index in [4.69, 9.17) is 0 Å². The molecule has 1 heterocycles. The second-order valence-electron chi connectivity index (χ2n) is 5.50. The Bertz CT molecular complexity index is 519. The monoisotopic (exact) mass is 293 g/mol. The van der Waals surface area contributed by atoms with Crippen molar-refractivity contribution >= 4 is 20.5 Å². The summed E-state index contributed by atoms with van der Waals surface area (Å²) in [5, 5.41) is 9.49. The SMILES string of the molecule is CPC1C(=O)N(C(C)c2ccccc2)CC1(C)C(=O)O. The molecule has 1 aromatic rings. The van der Waals surface area contributed by atoms with Crippen molar-refractivity contribution in [2.45, 2.75) is 25.5 Å². The Morgan fingerprint density at radius 3 is 2.50 bits per heavy atom. The lowest BCUT2D eigenvalue weighted by molar-refractivity contribution is -0.147. The molecule has 4 unspecified atom stereocenters. The van der Waals surface area contributed by atoms with E-state index in [0.717, 1.165) is 5.56 Å². The van der Waals surface area contributed by atoms with Gasteiger partial charge >= 0.3 is 5.97 Å². The quantitative estimate of drug-likeness (QED) is 0.867. The van der Waals surface area contributed by atoms with E-state index < -0.39 is 17.0 Å². The average Bonchev–Trinajstić information content (AvgIpc) is 2.71. The predicted octanol–water partition coefficient (Wildman–Crippen LogP) is 2.36. The maximum absolute atomic E-state index is 12.5. The lowest BCUT2D eigenvalue weighted by Crippen LogP contribution is -2.37. The molecule has 0 aliphatic carbocycles. The van der Waals surface area contributed by atoms with Gasteiger partial charge in [0, 0.05) is 6.54 Å². The van der Waals surface area contributed by atoms with Gasteiger partial charge in [-0.15, -0.1) is 8.58 Å². The highest BCUT2D eigenvalue weighted by molar-refractivity contribution is 7.39. The Hall–Kier alpha value is -1.41. The number of likely N-dealkylation sites (tertiary alicyclic amines) is 1. The van der Waals surface area contributed by atoms with Gasteiger partial charge in [0.15, 0.2) is 0 Å². The van der Waals surface area contributed by atoms with Crippen LogP contribution in [0.2, 0.25) is 0 Å². The van der Waals surface area contributed by atoms with Crippen molar-refractivity contribution in [1.29, 1.82) is 0 Å². The third kappa shape index (κ3) is 2.33. The van der Waals surface area contributed by atoms with Gasteiger partial charge in [-0.3, -0.25) is 9.59 Å². The third-order valence-corrected chi connectivity index (χ3v) is 5.65. The number of amides is 1. The number of carboxylic acid groups (broad SMARTS) is 1. The maximum Gasteiger partial charge on any atom is 0.312 e. The molecule has 108 valence electrons. The standard InChI is InChI=1S/C15H20NO3P/c1-10(11-7-5-4-6-8-11)16-9-15(2,14(18)19)12(20-3)13(16)17/h4-8,10,12,20H,9H2,1-3H3,(H,18,19). The van der Waals surface area contributed by atoms with E-state index in [1.54, 1.807) is 11.8 Å². The summed E-state index contributed by atoms with van der Waals surface area (Å²) in [7, 11) is 0.300. The molecule has 1 aliphatic heterocycles. The first-order valence-electron chi connectivity index (χ1n) is 6.68.